The fourth-order valence-electron chi connectivity index (χ4n) is 2.61. The Morgan fingerprint density at radius 2 is 2.20 bits per heavy atom. The Morgan fingerprint density at radius 3 is 2.87 bits per heavy atom. The van der Waals surface area contributed by atoms with Gasteiger partial charge in [-0.15, -0.1) is 0 Å². The Labute approximate surface area is 102 Å². The number of alkyl halides is 1. The molecule has 15 heavy (non-hydrogen) atoms. The predicted molar refractivity (Wildman–Crippen MR) is 59.2 cm³/mol. The van der Waals surface area contributed by atoms with Gasteiger partial charge in [0.2, 0.25) is 0 Å². The van der Waals surface area contributed by atoms with E-state index in [1.54, 1.807) is 0 Å². The van der Waals surface area contributed by atoms with Gasteiger partial charge in [-0.1, -0.05) is 22.6 Å². The lowest BCUT2D eigenvalue weighted by molar-refractivity contribution is -0.0275. The number of ether oxygens (including phenoxy) is 2. The number of rotatable bonds is 2. The molecular weight excluding hydrogens is 335 g/mol. The lowest BCUT2D eigenvalue weighted by Gasteiger charge is -2.23. The molecule has 0 spiro atoms. The largest absolute Gasteiger partial charge is 0.368 e. The highest BCUT2D eigenvalue weighted by Crippen LogP contribution is 2.48. The Balaban J connectivity index is 1.88. The number of hydrogen-bond donors (Lipinski definition) is 0. The van der Waals surface area contributed by atoms with Crippen LogP contribution in [0.2, 0.25) is 0 Å². The summed E-state index contributed by atoms with van der Waals surface area (Å²) in [6, 6.07) is 0. The van der Waals surface area contributed by atoms with Gasteiger partial charge in [0, 0.05) is 0 Å². The van der Waals surface area contributed by atoms with E-state index in [4.69, 9.17) is 13.7 Å². The summed E-state index contributed by atoms with van der Waals surface area (Å²) in [6.07, 6.45) is -0.552. The van der Waals surface area contributed by atoms with Crippen LogP contribution >= 0.6 is 22.6 Å². The van der Waals surface area contributed by atoms with E-state index in [0.717, 1.165) is 0 Å². The van der Waals surface area contributed by atoms with Crippen LogP contribution in [0.1, 0.15) is 13.3 Å². The SMILES string of the molecule is CC(I)OC1C2CC3C(O2)C1OS3(=O)=O. The van der Waals surface area contributed by atoms with Crippen molar-refractivity contribution in [2.45, 2.75) is 47.1 Å². The van der Waals surface area contributed by atoms with Crippen molar-refractivity contribution in [3.05, 3.63) is 0 Å². The molecule has 7 heteroatoms. The molecule has 6 atom stereocenters. The molecule has 3 rings (SSSR count). The fraction of sp³-hybridized carbons (Fsp3) is 1.00. The van der Waals surface area contributed by atoms with Gasteiger partial charge in [0.1, 0.15) is 27.7 Å². The minimum Gasteiger partial charge on any atom is -0.368 e. The molecule has 6 unspecified atom stereocenters. The maximum absolute atomic E-state index is 11.6. The van der Waals surface area contributed by atoms with E-state index in [0.29, 0.717) is 6.42 Å². The molecule has 86 valence electrons. The number of fused-ring (bicyclic) bond motifs is 1. The van der Waals surface area contributed by atoms with Crippen LogP contribution in [0.4, 0.5) is 0 Å². The van der Waals surface area contributed by atoms with Gasteiger partial charge in [0.15, 0.2) is 0 Å². The van der Waals surface area contributed by atoms with Crippen LogP contribution < -0.4 is 0 Å². The van der Waals surface area contributed by atoms with Gasteiger partial charge in [-0.3, -0.25) is 4.18 Å². The van der Waals surface area contributed by atoms with Gasteiger partial charge < -0.3 is 9.47 Å². The molecule has 3 aliphatic heterocycles. The molecule has 3 fully saturated rings. The van der Waals surface area contributed by atoms with E-state index in [1.165, 1.54) is 0 Å². The fourth-order valence-corrected chi connectivity index (χ4v) is 4.59. The zero-order chi connectivity index (χ0) is 10.8. The van der Waals surface area contributed by atoms with E-state index in [-0.39, 0.29) is 22.4 Å². The summed E-state index contributed by atoms with van der Waals surface area (Å²) in [5, 5.41) is -0.461. The summed E-state index contributed by atoms with van der Waals surface area (Å²) in [5.74, 6) is 0. The Hall–Kier alpha value is 0.560. The zero-order valence-corrected chi connectivity index (χ0v) is 11.0. The maximum atomic E-state index is 11.6. The topological polar surface area (TPSA) is 61.8 Å². The van der Waals surface area contributed by atoms with Gasteiger partial charge in [-0.05, 0) is 13.3 Å². The minimum absolute atomic E-state index is 0.0286. The summed E-state index contributed by atoms with van der Waals surface area (Å²) >= 11 is 2.14. The molecule has 0 aromatic rings. The average molecular weight is 346 g/mol. The third-order valence-electron chi connectivity index (χ3n) is 3.14. The Bertz CT molecular complexity index is 380. The highest BCUT2D eigenvalue weighted by Gasteiger charge is 2.66. The van der Waals surface area contributed by atoms with Gasteiger partial charge in [0.05, 0.1) is 6.10 Å². The van der Waals surface area contributed by atoms with Crippen molar-refractivity contribution in [2.75, 3.05) is 0 Å². The summed E-state index contributed by atoms with van der Waals surface area (Å²) in [6.45, 7) is 1.91. The molecule has 0 radical (unpaired) electrons. The molecular formula is C8H11IO5S. The second-order valence-electron chi connectivity index (χ2n) is 4.11. The molecule has 0 aromatic carbocycles. The van der Waals surface area contributed by atoms with Crippen molar-refractivity contribution in [2.24, 2.45) is 0 Å². The lowest BCUT2D eigenvalue weighted by atomic mass is 9.94. The van der Waals surface area contributed by atoms with Crippen molar-refractivity contribution in [1.29, 1.82) is 0 Å². The smallest absolute Gasteiger partial charge is 0.273 e. The van der Waals surface area contributed by atoms with Crippen LogP contribution in [0.3, 0.4) is 0 Å². The number of halogens is 1. The van der Waals surface area contributed by atoms with Crippen LogP contribution in [-0.2, 0) is 23.8 Å². The summed E-state index contributed by atoms with van der Waals surface area (Å²) in [4.78, 5) is 0. The molecule has 3 heterocycles. The normalized spacial score (nSPS) is 52.3. The molecule has 2 bridgehead atoms. The van der Waals surface area contributed by atoms with Crippen molar-refractivity contribution in [3.8, 4) is 0 Å². The zero-order valence-electron chi connectivity index (χ0n) is 8.00. The first kappa shape index (κ1) is 10.7. The number of hydrogen-bond acceptors (Lipinski definition) is 5. The summed E-state index contributed by atoms with van der Waals surface area (Å²) in [5.41, 5.74) is 0. The summed E-state index contributed by atoms with van der Waals surface area (Å²) < 4.78 is 39.4. The Kier molecular flexibility index (Phi) is 2.34. The van der Waals surface area contributed by atoms with E-state index in [1.807, 2.05) is 6.92 Å². The van der Waals surface area contributed by atoms with Gasteiger partial charge >= 0.3 is 0 Å². The average Bonchev–Trinajstić information content (AvgIpc) is 2.67. The molecule has 3 saturated heterocycles. The molecule has 0 aromatic heterocycles. The first-order valence-electron chi connectivity index (χ1n) is 4.86. The van der Waals surface area contributed by atoms with Crippen molar-refractivity contribution >= 4 is 32.7 Å². The van der Waals surface area contributed by atoms with Crippen LogP contribution in [0.15, 0.2) is 0 Å². The van der Waals surface area contributed by atoms with Gasteiger partial charge in [-0.25, -0.2) is 0 Å². The van der Waals surface area contributed by atoms with Crippen molar-refractivity contribution in [1.82, 2.24) is 0 Å². The van der Waals surface area contributed by atoms with E-state index < -0.39 is 21.5 Å². The maximum Gasteiger partial charge on any atom is 0.273 e. The predicted octanol–water partition coefficient (Wildman–Crippen LogP) is 0.421. The van der Waals surface area contributed by atoms with E-state index >= 15 is 0 Å². The second-order valence-corrected chi connectivity index (χ2v) is 7.65. The highest BCUT2D eigenvalue weighted by molar-refractivity contribution is 14.1. The molecule has 0 N–H and O–H groups in total. The quantitative estimate of drug-likeness (QED) is 0.412. The van der Waals surface area contributed by atoms with Crippen molar-refractivity contribution in [3.63, 3.8) is 0 Å². The van der Waals surface area contributed by atoms with Crippen molar-refractivity contribution < 1.29 is 22.1 Å². The van der Waals surface area contributed by atoms with Crippen LogP contribution in [0.5, 0.6) is 0 Å². The van der Waals surface area contributed by atoms with Crippen LogP contribution in [0.25, 0.3) is 0 Å². The monoisotopic (exact) mass is 346 g/mol. The highest BCUT2D eigenvalue weighted by atomic mass is 127. The molecule has 3 aliphatic rings. The molecule has 0 amide bonds. The van der Waals surface area contributed by atoms with Gasteiger partial charge in [-0.2, -0.15) is 8.42 Å². The summed E-state index contributed by atoms with van der Waals surface area (Å²) in [7, 11) is -3.41. The first-order valence-corrected chi connectivity index (χ1v) is 7.58. The molecule has 0 aliphatic carbocycles. The first-order chi connectivity index (χ1) is 6.99. The van der Waals surface area contributed by atoms with Gasteiger partial charge in [0.25, 0.3) is 10.1 Å². The Morgan fingerprint density at radius 1 is 1.47 bits per heavy atom. The molecule has 5 nitrogen and oxygen atoms in total. The second kappa shape index (κ2) is 3.28. The third-order valence-corrected chi connectivity index (χ3v) is 5.12. The van der Waals surface area contributed by atoms with E-state index in [9.17, 15) is 8.42 Å². The van der Waals surface area contributed by atoms with E-state index in [2.05, 4.69) is 22.6 Å². The minimum atomic E-state index is -3.41. The standard InChI is InChI=1S/C8H11IO5S/c1-3(9)12-6-4-2-5-7(13-4)8(6)14-15(5,10)11/h3-8H,2H2,1H3. The molecule has 0 saturated carbocycles. The third kappa shape index (κ3) is 1.47. The van der Waals surface area contributed by atoms with Crippen LogP contribution in [-0.4, -0.2) is 42.2 Å². The lowest BCUT2D eigenvalue weighted by Crippen LogP contribution is -2.41. The van der Waals surface area contributed by atoms with Crippen LogP contribution in [0, 0.1) is 0 Å².